The van der Waals surface area contributed by atoms with Gasteiger partial charge < -0.3 is 11.1 Å². The molecule has 3 N–H and O–H groups in total. The van der Waals surface area contributed by atoms with Crippen molar-refractivity contribution in [3.8, 4) is 0 Å². The molecular weight excluding hydrogens is 448 g/mol. The van der Waals surface area contributed by atoms with E-state index in [0.717, 1.165) is 36.4 Å². The lowest BCUT2D eigenvalue weighted by molar-refractivity contribution is 0.0999. The third kappa shape index (κ3) is 4.32. The number of nitrogens with two attached hydrogens (primary N) is 1. The Labute approximate surface area is 192 Å². The van der Waals surface area contributed by atoms with Crippen LogP contribution in [0.2, 0.25) is 0 Å². The molecule has 1 aromatic heterocycles. The van der Waals surface area contributed by atoms with Gasteiger partial charge in [-0.05, 0) is 62.9 Å². The van der Waals surface area contributed by atoms with Crippen LogP contribution in [-0.4, -0.2) is 55.1 Å². The maximum absolute atomic E-state index is 12.9. The van der Waals surface area contributed by atoms with Gasteiger partial charge >= 0.3 is 0 Å². The average Bonchev–Trinajstić information content (AvgIpc) is 3.41. The molecule has 1 saturated heterocycles. The van der Waals surface area contributed by atoms with Gasteiger partial charge in [0.25, 0.3) is 11.8 Å². The van der Waals surface area contributed by atoms with Gasteiger partial charge in [0, 0.05) is 42.7 Å². The van der Waals surface area contributed by atoms with Gasteiger partial charge in [-0.25, -0.2) is 8.42 Å². The normalized spacial score (nSPS) is 17.5. The highest BCUT2D eigenvalue weighted by Gasteiger charge is 2.29. The van der Waals surface area contributed by atoms with Crippen molar-refractivity contribution in [1.82, 2.24) is 9.21 Å². The Morgan fingerprint density at radius 3 is 2.34 bits per heavy atom. The first-order valence-electron chi connectivity index (χ1n) is 10.8. The maximum Gasteiger partial charge on any atom is 0.256 e. The second-order valence-corrected chi connectivity index (χ2v) is 11.5. The highest BCUT2D eigenvalue weighted by atomic mass is 32.2. The summed E-state index contributed by atoms with van der Waals surface area (Å²) in [5.74, 6) is -0.959. The Hall–Kier alpha value is -2.27. The van der Waals surface area contributed by atoms with E-state index < -0.39 is 21.8 Å². The highest BCUT2D eigenvalue weighted by Crippen LogP contribution is 2.37. The molecule has 0 saturated carbocycles. The molecule has 2 aliphatic heterocycles. The number of nitrogens with one attached hydrogen (secondary N) is 1. The summed E-state index contributed by atoms with van der Waals surface area (Å²) in [5, 5.41) is 3.27. The van der Waals surface area contributed by atoms with Gasteiger partial charge in [-0.1, -0.05) is 0 Å². The number of hydrogen-bond acceptors (Lipinski definition) is 6. The second kappa shape index (κ2) is 8.93. The van der Waals surface area contributed by atoms with Crippen molar-refractivity contribution >= 4 is 38.2 Å². The van der Waals surface area contributed by atoms with E-state index in [9.17, 15) is 18.0 Å². The summed E-state index contributed by atoms with van der Waals surface area (Å²) in [7, 11) is -3.53. The smallest absolute Gasteiger partial charge is 0.256 e. The molecule has 0 atom stereocenters. The average molecular weight is 477 g/mol. The molecule has 2 amide bonds. The SMILES string of the molecule is CC(C)N1CCc2c(sc(NC(=O)c3ccc(S(=O)(=O)N4CCCC4)cc3)c2C(N)=O)C1. The summed E-state index contributed by atoms with van der Waals surface area (Å²) in [6.45, 7) is 6.86. The summed E-state index contributed by atoms with van der Waals surface area (Å²) in [6, 6.07) is 6.29. The predicted molar refractivity (Wildman–Crippen MR) is 124 cm³/mol. The largest absolute Gasteiger partial charge is 0.365 e. The fourth-order valence-corrected chi connectivity index (χ4v) is 7.03. The molecule has 32 heavy (non-hydrogen) atoms. The van der Waals surface area contributed by atoms with Gasteiger partial charge in [-0.3, -0.25) is 14.5 Å². The first-order chi connectivity index (χ1) is 15.2. The standard InChI is InChI=1S/C22H28N4O4S2/c1-14(2)25-12-9-17-18(13-25)31-22(19(17)20(23)27)24-21(28)15-5-7-16(8-6-15)32(29,30)26-10-3-4-11-26/h5-8,14H,3-4,9-13H2,1-2H3,(H2,23,27)(H,24,28). The van der Waals surface area contributed by atoms with Gasteiger partial charge in [0.2, 0.25) is 10.0 Å². The number of thiophene rings is 1. The van der Waals surface area contributed by atoms with Crippen molar-refractivity contribution in [1.29, 1.82) is 0 Å². The number of fused-ring (bicyclic) bond motifs is 1. The van der Waals surface area contributed by atoms with Crippen LogP contribution in [0, 0.1) is 0 Å². The van der Waals surface area contributed by atoms with Crippen molar-refractivity contribution in [3.63, 3.8) is 0 Å². The van der Waals surface area contributed by atoms with Crippen LogP contribution in [0.25, 0.3) is 0 Å². The van der Waals surface area contributed by atoms with Crippen molar-refractivity contribution in [3.05, 3.63) is 45.8 Å². The second-order valence-electron chi connectivity index (χ2n) is 8.48. The number of nitrogens with zero attached hydrogens (tertiary/aromatic N) is 2. The maximum atomic E-state index is 12.9. The Kier molecular flexibility index (Phi) is 6.39. The molecule has 1 aromatic carbocycles. The van der Waals surface area contributed by atoms with E-state index in [1.54, 1.807) is 0 Å². The quantitative estimate of drug-likeness (QED) is 0.666. The molecule has 10 heteroatoms. The molecule has 0 bridgehead atoms. The number of hydrogen-bond donors (Lipinski definition) is 2. The number of carbonyl (C=O) groups excluding carboxylic acids is 2. The predicted octanol–water partition coefficient (Wildman–Crippen LogP) is 2.65. The van der Waals surface area contributed by atoms with Gasteiger partial charge in [0.1, 0.15) is 5.00 Å². The van der Waals surface area contributed by atoms with Crippen LogP contribution in [-0.2, 0) is 23.0 Å². The van der Waals surface area contributed by atoms with Gasteiger partial charge in [-0.2, -0.15) is 4.31 Å². The first-order valence-corrected chi connectivity index (χ1v) is 13.0. The summed E-state index contributed by atoms with van der Waals surface area (Å²) >= 11 is 1.38. The molecule has 2 aliphatic rings. The highest BCUT2D eigenvalue weighted by molar-refractivity contribution is 7.89. The summed E-state index contributed by atoms with van der Waals surface area (Å²) in [4.78, 5) is 28.6. The van der Waals surface area contributed by atoms with Crippen molar-refractivity contribution in [2.75, 3.05) is 25.0 Å². The third-order valence-corrected chi connectivity index (χ3v) is 9.15. The Bertz CT molecular complexity index is 1130. The molecule has 0 unspecified atom stereocenters. The Morgan fingerprint density at radius 2 is 1.75 bits per heavy atom. The van der Waals surface area contributed by atoms with Crippen LogP contribution in [0.15, 0.2) is 29.2 Å². The molecule has 0 radical (unpaired) electrons. The van der Waals surface area contributed by atoms with E-state index in [-0.39, 0.29) is 4.90 Å². The van der Waals surface area contributed by atoms with Crippen LogP contribution in [0.1, 0.15) is 57.8 Å². The molecular formula is C22H28N4O4S2. The molecule has 0 aliphatic carbocycles. The van der Waals surface area contributed by atoms with E-state index in [0.29, 0.717) is 41.7 Å². The summed E-state index contributed by atoms with van der Waals surface area (Å²) in [6.07, 6.45) is 2.44. The number of benzene rings is 1. The number of anilines is 1. The number of amides is 2. The summed E-state index contributed by atoms with van der Waals surface area (Å²) in [5.41, 5.74) is 7.27. The van der Waals surface area contributed by atoms with Crippen LogP contribution < -0.4 is 11.1 Å². The van der Waals surface area contributed by atoms with Crippen LogP contribution in [0.4, 0.5) is 5.00 Å². The van der Waals surface area contributed by atoms with E-state index in [2.05, 4.69) is 24.1 Å². The van der Waals surface area contributed by atoms with Crippen molar-refractivity contribution in [2.24, 2.45) is 5.73 Å². The van der Waals surface area contributed by atoms with Gasteiger partial charge in [0.15, 0.2) is 0 Å². The molecule has 2 aromatic rings. The molecule has 1 fully saturated rings. The monoisotopic (exact) mass is 476 g/mol. The molecule has 172 valence electrons. The Morgan fingerprint density at radius 1 is 1.09 bits per heavy atom. The van der Waals surface area contributed by atoms with E-state index in [1.165, 1.54) is 39.9 Å². The summed E-state index contributed by atoms with van der Waals surface area (Å²) < 4.78 is 26.8. The zero-order valence-electron chi connectivity index (χ0n) is 18.3. The van der Waals surface area contributed by atoms with E-state index in [4.69, 9.17) is 5.73 Å². The van der Waals surface area contributed by atoms with E-state index >= 15 is 0 Å². The van der Waals surface area contributed by atoms with Crippen LogP contribution >= 0.6 is 11.3 Å². The number of carbonyl (C=O) groups is 2. The minimum Gasteiger partial charge on any atom is -0.365 e. The lowest BCUT2D eigenvalue weighted by Crippen LogP contribution is -2.35. The third-order valence-electron chi connectivity index (χ3n) is 6.11. The fourth-order valence-electron chi connectivity index (χ4n) is 4.24. The lowest BCUT2D eigenvalue weighted by Gasteiger charge is -2.30. The van der Waals surface area contributed by atoms with E-state index in [1.807, 2.05) is 0 Å². The topological polar surface area (TPSA) is 113 Å². The van der Waals surface area contributed by atoms with Crippen molar-refractivity contribution in [2.45, 2.75) is 50.6 Å². The molecule has 3 heterocycles. The Balaban J connectivity index is 1.55. The minimum absolute atomic E-state index is 0.175. The molecule has 4 rings (SSSR count). The van der Waals surface area contributed by atoms with Crippen molar-refractivity contribution < 1.29 is 18.0 Å². The fraction of sp³-hybridized carbons (Fsp3) is 0.455. The van der Waals surface area contributed by atoms with Crippen LogP contribution in [0.3, 0.4) is 0 Å². The zero-order valence-corrected chi connectivity index (χ0v) is 19.9. The number of sulfonamides is 1. The number of primary amides is 1. The molecule has 0 spiro atoms. The number of rotatable bonds is 6. The first kappa shape index (κ1) is 22.9. The van der Waals surface area contributed by atoms with Gasteiger partial charge in [-0.15, -0.1) is 11.3 Å². The molecule has 8 nitrogen and oxygen atoms in total. The lowest BCUT2D eigenvalue weighted by atomic mass is 10.0. The zero-order chi connectivity index (χ0) is 23.0. The van der Waals surface area contributed by atoms with Crippen LogP contribution in [0.5, 0.6) is 0 Å². The minimum atomic E-state index is -3.53. The van der Waals surface area contributed by atoms with Gasteiger partial charge in [0.05, 0.1) is 10.5 Å².